The Kier molecular flexibility index (Phi) is 6.70. The molecule has 2 unspecified atom stereocenters. The maximum atomic E-state index is 13.7. The predicted molar refractivity (Wildman–Crippen MR) is 126 cm³/mol. The molecule has 0 N–H and O–H groups in total. The number of likely N-dealkylation sites (N-methyl/N-ethyl adjacent to an activating group) is 1. The van der Waals surface area contributed by atoms with Crippen LogP contribution in [0.15, 0.2) is 53.4 Å². The van der Waals surface area contributed by atoms with Crippen molar-refractivity contribution in [3.8, 4) is 0 Å². The first kappa shape index (κ1) is 23.0. The lowest BCUT2D eigenvalue weighted by Crippen LogP contribution is -2.49. The lowest BCUT2D eigenvalue weighted by molar-refractivity contribution is 0.0497. The van der Waals surface area contributed by atoms with Gasteiger partial charge in [0.25, 0.3) is 5.91 Å². The fourth-order valence-electron chi connectivity index (χ4n) is 4.83. The monoisotopic (exact) mass is 455 g/mol. The van der Waals surface area contributed by atoms with Crippen LogP contribution >= 0.6 is 0 Å². The van der Waals surface area contributed by atoms with Crippen LogP contribution in [0.2, 0.25) is 0 Å². The van der Waals surface area contributed by atoms with Crippen molar-refractivity contribution in [3.63, 3.8) is 0 Å². The van der Waals surface area contributed by atoms with Gasteiger partial charge in [-0.15, -0.1) is 0 Å². The van der Waals surface area contributed by atoms with Gasteiger partial charge in [-0.2, -0.15) is 4.31 Å². The van der Waals surface area contributed by atoms with Crippen molar-refractivity contribution >= 4 is 15.9 Å². The molecule has 1 amide bonds. The van der Waals surface area contributed by atoms with Gasteiger partial charge < -0.3 is 9.80 Å². The van der Waals surface area contributed by atoms with Crippen LogP contribution in [0.25, 0.3) is 0 Å². The van der Waals surface area contributed by atoms with Crippen LogP contribution in [0.3, 0.4) is 0 Å². The largest absolute Gasteiger partial charge is 0.329 e. The number of piperazine rings is 1. The van der Waals surface area contributed by atoms with Gasteiger partial charge >= 0.3 is 0 Å². The lowest BCUT2D eigenvalue weighted by atomic mass is 10.00. The summed E-state index contributed by atoms with van der Waals surface area (Å²) in [6.07, 6.45) is 2.80. The Hall–Kier alpha value is -2.22. The molecule has 172 valence electrons. The highest BCUT2D eigenvalue weighted by Crippen LogP contribution is 2.30. The first-order valence-electron chi connectivity index (χ1n) is 11.5. The predicted octanol–water partition coefficient (Wildman–Crippen LogP) is 3.69. The molecule has 7 heteroatoms. The summed E-state index contributed by atoms with van der Waals surface area (Å²) < 4.78 is 28.4. The molecule has 0 aliphatic carbocycles. The molecular weight excluding hydrogens is 422 g/mol. The van der Waals surface area contributed by atoms with Gasteiger partial charge in [0.1, 0.15) is 0 Å². The average Bonchev–Trinajstić information content (AvgIpc) is 2.79. The summed E-state index contributed by atoms with van der Waals surface area (Å²) in [5.41, 5.74) is 2.36. The molecule has 0 bridgehead atoms. The van der Waals surface area contributed by atoms with Crippen molar-refractivity contribution in [2.75, 3.05) is 33.2 Å². The maximum absolute atomic E-state index is 13.7. The van der Waals surface area contributed by atoms with Crippen LogP contribution in [0, 0.1) is 6.92 Å². The number of rotatable bonds is 4. The molecule has 2 aromatic rings. The quantitative estimate of drug-likeness (QED) is 0.706. The van der Waals surface area contributed by atoms with E-state index in [1.54, 1.807) is 22.5 Å². The number of carbonyl (C=O) groups is 1. The van der Waals surface area contributed by atoms with Gasteiger partial charge in [-0.3, -0.25) is 4.79 Å². The maximum Gasteiger partial charge on any atom is 0.254 e. The molecule has 0 saturated carbocycles. The Balaban J connectivity index is 1.68. The molecule has 2 aliphatic rings. The van der Waals surface area contributed by atoms with E-state index in [-0.39, 0.29) is 22.9 Å². The summed E-state index contributed by atoms with van der Waals surface area (Å²) in [5, 5.41) is 0. The molecule has 2 aromatic carbocycles. The zero-order valence-corrected chi connectivity index (χ0v) is 20.0. The fourth-order valence-corrected chi connectivity index (χ4v) is 6.56. The molecular formula is C25H33N3O3S. The molecule has 0 aromatic heterocycles. The van der Waals surface area contributed by atoms with Gasteiger partial charge in [-0.25, -0.2) is 8.42 Å². The molecule has 2 heterocycles. The topological polar surface area (TPSA) is 60.9 Å². The van der Waals surface area contributed by atoms with Crippen molar-refractivity contribution in [2.24, 2.45) is 0 Å². The highest BCUT2D eigenvalue weighted by molar-refractivity contribution is 7.89. The number of nitrogens with zero attached hydrogens (tertiary/aromatic N) is 3. The van der Waals surface area contributed by atoms with E-state index < -0.39 is 10.0 Å². The van der Waals surface area contributed by atoms with Crippen LogP contribution in [-0.2, 0) is 10.0 Å². The molecule has 0 radical (unpaired) electrons. The van der Waals surface area contributed by atoms with Gasteiger partial charge in [-0.1, -0.05) is 42.8 Å². The second kappa shape index (κ2) is 9.33. The van der Waals surface area contributed by atoms with Crippen LogP contribution in [0.4, 0.5) is 0 Å². The fraction of sp³-hybridized carbons (Fsp3) is 0.480. The van der Waals surface area contributed by atoms with E-state index >= 15 is 0 Å². The molecule has 2 fully saturated rings. The minimum absolute atomic E-state index is 0.0192. The summed E-state index contributed by atoms with van der Waals surface area (Å²) in [4.78, 5) is 18.1. The Labute approximate surface area is 191 Å². The first-order valence-corrected chi connectivity index (χ1v) is 12.9. The van der Waals surface area contributed by atoms with Crippen molar-refractivity contribution in [3.05, 3.63) is 65.2 Å². The standard InChI is InChI=1S/C25H33N3O3S/c1-19-12-13-22(32(30,31)28-14-8-7-9-20(28)2)17-23(19)25(29)27-16-15-26(3)18-24(27)21-10-5-4-6-11-21/h4-6,10-13,17,20,24H,7-9,14-16,18H2,1-3H3. The van der Waals surface area contributed by atoms with E-state index in [1.165, 1.54) is 0 Å². The molecule has 4 rings (SSSR count). The summed E-state index contributed by atoms with van der Waals surface area (Å²) in [5.74, 6) is -0.104. The third-order valence-corrected chi connectivity index (χ3v) is 8.83. The highest BCUT2D eigenvalue weighted by atomic mass is 32.2. The smallest absolute Gasteiger partial charge is 0.254 e. The third kappa shape index (κ3) is 4.47. The summed E-state index contributed by atoms with van der Waals surface area (Å²) in [6.45, 7) is 6.52. The van der Waals surface area contributed by atoms with Crippen LogP contribution in [0.1, 0.15) is 53.7 Å². The summed E-state index contributed by atoms with van der Waals surface area (Å²) in [7, 11) is -1.57. The zero-order chi connectivity index (χ0) is 22.9. The molecule has 2 saturated heterocycles. The van der Waals surface area contributed by atoms with Gasteiger partial charge in [0.15, 0.2) is 0 Å². The number of amides is 1. The second-order valence-corrected chi connectivity index (χ2v) is 11.0. The SMILES string of the molecule is Cc1ccc(S(=O)(=O)N2CCCCC2C)cc1C(=O)N1CCN(C)CC1c1ccccc1. The minimum Gasteiger partial charge on any atom is -0.329 e. The number of sulfonamides is 1. The third-order valence-electron chi connectivity index (χ3n) is 6.82. The Morgan fingerprint density at radius 3 is 2.47 bits per heavy atom. The zero-order valence-electron chi connectivity index (χ0n) is 19.2. The van der Waals surface area contributed by atoms with E-state index in [1.807, 2.05) is 36.9 Å². The number of benzene rings is 2. The number of aryl methyl sites for hydroxylation is 1. The Morgan fingerprint density at radius 2 is 1.75 bits per heavy atom. The average molecular weight is 456 g/mol. The first-order chi connectivity index (χ1) is 15.3. The number of hydrogen-bond donors (Lipinski definition) is 0. The molecule has 6 nitrogen and oxygen atoms in total. The van der Waals surface area contributed by atoms with Gasteiger partial charge in [-0.05, 0) is 57.0 Å². The van der Waals surface area contributed by atoms with Crippen molar-refractivity contribution in [1.82, 2.24) is 14.1 Å². The van der Waals surface area contributed by atoms with Gasteiger partial charge in [0.2, 0.25) is 10.0 Å². The summed E-state index contributed by atoms with van der Waals surface area (Å²) >= 11 is 0. The second-order valence-electron chi connectivity index (χ2n) is 9.12. The van der Waals surface area contributed by atoms with Crippen molar-refractivity contribution < 1.29 is 13.2 Å². The Morgan fingerprint density at radius 1 is 1.00 bits per heavy atom. The minimum atomic E-state index is -3.63. The van der Waals surface area contributed by atoms with Crippen molar-refractivity contribution in [1.29, 1.82) is 0 Å². The molecule has 2 atom stereocenters. The highest BCUT2D eigenvalue weighted by Gasteiger charge is 2.34. The molecule has 32 heavy (non-hydrogen) atoms. The number of carbonyl (C=O) groups excluding carboxylic acids is 1. The van der Waals surface area contributed by atoms with Gasteiger partial charge in [0.05, 0.1) is 10.9 Å². The molecule has 2 aliphatic heterocycles. The van der Waals surface area contributed by atoms with Crippen molar-refractivity contribution in [2.45, 2.75) is 50.1 Å². The van der Waals surface area contributed by atoms with Crippen LogP contribution in [-0.4, -0.2) is 67.7 Å². The Bertz CT molecular complexity index is 1070. The van der Waals surface area contributed by atoms with E-state index in [0.29, 0.717) is 18.7 Å². The van der Waals surface area contributed by atoms with E-state index in [0.717, 1.165) is 43.5 Å². The number of hydrogen-bond acceptors (Lipinski definition) is 4. The van der Waals surface area contributed by atoms with E-state index in [2.05, 4.69) is 24.1 Å². The van der Waals surface area contributed by atoms with Crippen LogP contribution in [0.5, 0.6) is 0 Å². The van der Waals surface area contributed by atoms with Crippen LogP contribution < -0.4 is 0 Å². The van der Waals surface area contributed by atoms with E-state index in [4.69, 9.17) is 0 Å². The van der Waals surface area contributed by atoms with E-state index in [9.17, 15) is 13.2 Å². The summed E-state index contributed by atoms with van der Waals surface area (Å²) in [6, 6.07) is 15.0. The lowest BCUT2D eigenvalue weighted by Gasteiger charge is -2.40. The molecule has 0 spiro atoms. The normalized spacial score (nSPS) is 23.3. The van der Waals surface area contributed by atoms with Gasteiger partial charge in [0, 0.05) is 37.8 Å². The number of piperidine rings is 1.